The fraction of sp³-hybridized carbons (Fsp3) is 0.533. The van der Waals surface area contributed by atoms with E-state index in [9.17, 15) is 13.2 Å². The summed E-state index contributed by atoms with van der Waals surface area (Å²) in [6.45, 7) is 3.99. The van der Waals surface area contributed by atoms with Gasteiger partial charge < -0.3 is 4.90 Å². The number of aryl methyl sites for hydroxylation is 1. The van der Waals surface area contributed by atoms with Gasteiger partial charge in [0, 0.05) is 37.9 Å². The van der Waals surface area contributed by atoms with Gasteiger partial charge in [-0.15, -0.1) is 0 Å². The minimum atomic E-state index is -2.51. The molecule has 0 bridgehead atoms. The maximum absolute atomic E-state index is 13.3. The molecule has 3 rings (SSSR count). The number of likely N-dealkylation sites (tertiary alicyclic amines) is 1. The van der Waals surface area contributed by atoms with Gasteiger partial charge in [0.2, 0.25) is 0 Å². The van der Waals surface area contributed by atoms with E-state index in [1.54, 1.807) is 6.07 Å². The lowest BCUT2D eigenvalue weighted by Gasteiger charge is -2.31. The Morgan fingerprint density at radius 1 is 1.19 bits per heavy atom. The lowest BCUT2D eigenvalue weighted by molar-refractivity contribution is -0.0555. The summed E-state index contributed by atoms with van der Waals surface area (Å²) in [5.74, 6) is -2.79. The summed E-state index contributed by atoms with van der Waals surface area (Å²) in [6.07, 6.45) is -0.145. The number of hydrogen-bond donors (Lipinski definition) is 0. The molecule has 1 fully saturated rings. The third kappa shape index (κ3) is 3.05. The van der Waals surface area contributed by atoms with Crippen LogP contribution in [0.1, 0.15) is 18.5 Å². The molecule has 0 N–H and O–H groups in total. The van der Waals surface area contributed by atoms with Crippen LogP contribution in [0.15, 0.2) is 18.2 Å². The molecule has 21 heavy (non-hydrogen) atoms. The van der Waals surface area contributed by atoms with Crippen LogP contribution in [0, 0.1) is 12.7 Å². The molecule has 0 unspecified atom stereocenters. The lowest BCUT2D eigenvalue weighted by Crippen LogP contribution is -2.40. The van der Waals surface area contributed by atoms with Crippen LogP contribution < -0.4 is 0 Å². The monoisotopic (exact) mass is 297 g/mol. The maximum Gasteiger partial charge on any atom is 0.250 e. The largest absolute Gasteiger partial charge is 0.301 e. The number of halogens is 3. The van der Waals surface area contributed by atoms with Crippen molar-refractivity contribution in [2.45, 2.75) is 32.2 Å². The predicted molar refractivity (Wildman–Crippen MR) is 75.0 cm³/mol. The van der Waals surface area contributed by atoms with Crippen LogP contribution >= 0.6 is 0 Å². The Morgan fingerprint density at radius 3 is 2.62 bits per heavy atom. The van der Waals surface area contributed by atoms with E-state index >= 15 is 0 Å². The molecule has 0 aliphatic carbocycles. The van der Waals surface area contributed by atoms with Crippen molar-refractivity contribution in [2.24, 2.45) is 0 Å². The number of fused-ring (bicyclic) bond motifs is 1. The molecule has 114 valence electrons. The summed E-state index contributed by atoms with van der Waals surface area (Å²) in [7, 11) is 0. The van der Waals surface area contributed by atoms with E-state index in [4.69, 9.17) is 0 Å². The highest BCUT2D eigenvalue weighted by Gasteiger charge is 2.33. The van der Waals surface area contributed by atoms with Gasteiger partial charge in [-0.05, 0) is 25.1 Å². The molecular weight excluding hydrogens is 279 g/mol. The highest BCUT2D eigenvalue weighted by molar-refractivity contribution is 5.81. The SMILES string of the molecule is Cc1nn(CCN2CCC(F)(F)CC2)c2ccc(F)cc12. The first-order chi connectivity index (χ1) is 9.94. The molecule has 1 aliphatic heterocycles. The van der Waals surface area contributed by atoms with Crippen LogP contribution in [0.25, 0.3) is 10.9 Å². The quantitative estimate of drug-likeness (QED) is 0.867. The van der Waals surface area contributed by atoms with Gasteiger partial charge in [-0.1, -0.05) is 0 Å². The summed E-state index contributed by atoms with van der Waals surface area (Å²) in [5, 5.41) is 5.22. The minimum Gasteiger partial charge on any atom is -0.301 e. The average molecular weight is 297 g/mol. The van der Waals surface area contributed by atoms with E-state index in [0.717, 1.165) is 16.6 Å². The molecule has 3 nitrogen and oxygen atoms in total. The van der Waals surface area contributed by atoms with Crippen molar-refractivity contribution < 1.29 is 13.2 Å². The van der Waals surface area contributed by atoms with Gasteiger partial charge in [0.1, 0.15) is 5.82 Å². The third-order valence-electron chi connectivity index (χ3n) is 4.11. The normalized spacial score (nSPS) is 19.2. The van der Waals surface area contributed by atoms with E-state index < -0.39 is 5.92 Å². The molecule has 2 heterocycles. The Labute approximate surface area is 121 Å². The van der Waals surface area contributed by atoms with E-state index in [2.05, 4.69) is 5.10 Å². The molecule has 0 amide bonds. The van der Waals surface area contributed by atoms with Crippen molar-refractivity contribution in [1.82, 2.24) is 14.7 Å². The summed E-state index contributed by atoms with van der Waals surface area (Å²) >= 11 is 0. The van der Waals surface area contributed by atoms with Gasteiger partial charge in [-0.25, -0.2) is 13.2 Å². The molecule has 1 aromatic carbocycles. The molecule has 1 saturated heterocycles. The van der Waals surface area contributed by atoms with Gasteiger partial charge in [-0.3, -0.25) is 4.68 Å². The van der Waals surface area contributed by atoms with Crippen LogP contribution in [0.5, 0.6) is 0 Å². The van der Waals surface area contributed by atoms with E-state index in [-0.39, 0.29) is 18.7 Å². The Hall–Kier alpha value is -1.56. The highest BCUT2D eigenvalue weighted by Crippen LogP contribution is 2.27. The topological polar surface area (TPSA) is 21.1 Å². The number of benzene rings is 1. The highest BCUT2D eigenvalue weighted by atomic mass is 19.3. The van der Waals surface area contributed by atoms with Gasteiger partial charge in [-0.2, -0.15) is 5.10 Å². The molecule has 2 aromatic rings. The van der Waals surface area contributed by atoms with Crippen LogP contribution in [0.4, 0.5) is 13.2 Å². The van der Waals surface area contributed by atoms with Crippen molar-refractivity contribution >= 4 is 10.9 Å². The number of rotatable bonds is 3. The first-order valence-corrected chi connectivity index (χ1v) is 7.17. The molecule has 0 atom stereocenters. The number of alkyl halides is 2. The summed E-state index contributed by atoms with van der Waals surface area (Å²) in [5.41, 5.74) is 1.67. The van der Waals surface area contributed by atoms with Crippen LogP contribution in [-0.2, 0) is 6.54 Å². The number of piperidine rings is 1. The third-order valence-corrected chi connectivity index (χ3v) is 4.11. The first-order valence-electron chi connectivity index (χ1n) is 7.17. The van der Waals surface area contributed by atoms with E-state index in [1.165, 1.54) is 12.1 Å². The van der Waals surface area contributed by atoms with Crippen LogP contribution in [0.3, 0.4) is 0 Å². The molecule has 0 radical (unpaired) electrons. The zero-order chi connectivity index (χ0) is 15.0. The zero-order valence-corrected chi connectivity index (χ0v) is 12.0. The van der Waals surface area contributed by atoms with Gasteiger partial charge >= 0.3 is 0 Å². The van der Waals surface area contributed by atoms with Crippen molar-refractivity contribution in [3.05, 3.63) is 29.7 Å². The zero-order valence-electron chi connectivity index (χ0n) is 12.0. The second kappa shape index (κ2) is 5.33. The van der Waals surface area contributed by atoms with Crippen molar-refractivity contribution in [3.63, 3.8) is 0 Å². The number of hydrogen-bond acceptors (Lipinski definition) is 2. The average Bonchev–Trinajstić information content (AvgIpc) is 2.74. The second-order valence-electron chi connectivity index (χ2n) is 5.67. The fourth-order valence-electron chi connectivity index (χ4n) is 2.82. The summed E-state index contributed by atoms with van der Waals surface area (Å²) in [6, 6.07) is 4.62. The predicted octanol–water partition coefficient (Wildman–Crippen LogP) is 3.21. The van der Waals surface area contributed by atoms with E-state index in [1.807, 2.05) is 16.5 Å². The summed E-state index contributed by atoms with van der Waals surface area (Å²) in [4.78, 5) is 2.03. The first kappa shape index (κ1) is 14.4. The van der Waals surface area contributed by atoms with E-state index in [0.29, 0.717) is 26.2 Å². The molecule has 1 aliphatic rings. The molecule has 0 spiro atoms. The Bertz CT molecular complexity index is 641. The van der Waals surface area contributed by atoms with Gasteiger partial charge in [0.05, 0.1) is 17.8 Å². The van der Waals surface area contributed by atoms with Crippen LogP contribution in [0.2, 0.25) is 0 Å². The number of aromatic nitrogens is 2. The maximum atomic E-state index is 13.3. The Morgan fingerprint density at radius 2 is 1.90 bits per heavy atom. The second-order valence-corrected chi connectivity index (χ2v) is 5.67. The van der Waals surface area contributed by atoms with Gasteiger partial charge in [0.15, 0.2) is 0 Å². The molecule has 1 aromatic heterocycles. The standard InChI is InChI=1S/C15H18F3N3/c1-11-13-10-12(16)2-3-14(13)21(19-11)9-8-20-6-4-15(17,18)5-7-20/h2-3,10H,4-9H2,1H3. The van der Waals surface area contributed by atoms with Gasteiger partial charge in [0.25, 0.3) is 5.92 Å². The number of nitrogens with zero attached hydrogens (tertiary/aromatic N) is 3. The molecule has 6 heteroatoms. The fourth-order valence-corrected chi connectivity index (χ4v) is 2.82. The smallest absolute Gasteiger partial charge is 0.250 e. The van der Waals surface area contributed by atoms with Crippen molar-refractivity contribution in [1.29, 1.82) is 0 Å². The van der Waals surface area contributed by atoms with Crippen molar-refractivity contribution in [2.75, 3.05) is 19.6 Å². The Balaban J connectivity index is 1.69. The summed E-state index contributed by atoms with van der Waals surface area (Å²) < 4.78 is 41.3. The van der Waals surface area contributed by atoms with Crippen molar-refractivity contribution in [3.8, 4) is 0 Å². The minimum absolute atomic E-state index is 0.0723. The Kier molecular flexibility index (Phi) is 3.65. The lowest BCUT2D eigenvalue weighted by atomic mass is 10.1. The van der Waals surface area contributed by atoms with Crippen LogP contribution in [-0.4, -0.2) is 40.2 Å². The molecular formula is C15H18F3N3. The molecule has 0 saturated carbocycles.